The van der Waals surface area contributed by atoms with Crippen LogP contribution in [0, 0.1) is 12.7 Å². The van der Waals surface area contributed by atoms with E-state index in [2.05, 4.69) is 5.10 Å². The number of nitrogens with zero attached hydrogens (tertiary/aromatic N) is 2. The Labute approximate surface area is 109 Å². The maximum Gasteiger partial charge on any atom is 0.173 e. The van der Waals surface area contributed by atoms with Gasteiger partial charge in [-0.2, -0.15) is 5.10 Å². The summed E-state index contributed by atoms with van der Waals surface area (Å²) in [7, 11) is 1.84. The minimum Gasteiger partial charge on any atom is -0.293 e. The molecular weight excluding hydrogens is 251 g/mol. The average molecular weight is 264 g/mol. The largest absolute Gasteiger partial charge is 0.293 e. The number of rotatable bonds is 4. The number of carbonyl (C=O) groups is 1. The Morgan fingerprint density at radius 3 is 2.83 bits per heavy atom. The molecule has 0 N–H and O–H groups in total. The molecule has 0 radical (unpaired) electrons. The van der Waals surface area contributed by atoms with Crippen molar-refractivity contribution >= 4 is 17.5 Å². The van der Waals surface area contributed by atoms with Gasteiger partial charge in [0.1, 0.15) is 5.82 Å². The van der Waals surface area contributed by atoms with Crippen LogP contribution in [0.4, 0.5) is 4.39 Å². The van der Waals surface area contributed by atoms with Gasteiger partial charge in [-0.3, -0.25) is 9.48 Å². The summed E-state index contributed by atoms with van der Waals surface area (Å²) in [6.07, 6.45) is 0. The van der Waals surface area contributed by atoms with Crippen molar-refractivity contribution in [3.05, 3.63) is 47.4 Å². The second-order valence-electron chi connectivity index (χ2n) is 3.97. The van der Waals surface area contributed by atoms with E-state index in [1.807, 2.05) is 20.0 Å². The van der Waals surface area contributed by atoms with Crippen LogP contribution >= 0.6 is 11.8 Å². The molecule has 0 amide bonds. The lowest BCUT2D eigenvalue weighted by atomic mass is 10.1. The van der Waals surface area contributed by atoms with Gasteiger partial charge >= 0.3 is 0 Å². The van der Waals surface area contributed by atoms with Crippen molar-refractivity contribution in [3.8, 4) is 0 Å². The number of carbonyl (C=O) groups excluding carboxylic acids is 1. The quantitative estimate of drug-likeness (QED) is 0.629. The molecule has 1 heterocycles. The number of hydrogen-bond donors (Lipinski definition) is 0. The average Bonchev–Trinajstić information content (AvgIpc) is 2.65. The second kappa shape index (κ2) is 5.35. The Morgan fingerprint density at radius 2 is 2.22 bits per heavy atom. The normalized spacial score (nSPS) is 10.6. The molecule has 0 atom stereocenters. The number of aromatic nitrogens is 2. The number of ketones is 1. The standard InChI is InChI=1S/C13H13FN2OS/c1-9-6-13(16(2)15-9)18-8-12(17)10-4-3-5-11(14)7-10/h3-7H,8H2,1-2H3. The zero-order chi connectivity index (χ0) is 13.1. The molecular formula is C13H13FN2OS. The van der Waals surface area contributed by atoms with Gasteiger partial charge in [0, 0.05) is 12.6 Å². The van der Waals surface area contributed by atoms with Crippen molar-refractivity contribution in [1.29, 1.82) is 0 Å². The highest BCUT2D eigenvalue weighted by molar-refractivity contribution is 7.99. The van der Waals surface area contributed by atoms with Crippen LogP contribution in [0.5, 0.6) is 0 Å². The molecule has 18 heavy (non-hydrogen) atoms. The van der Waals surface area contributed by atoms with Crippen molar-refractivity contribution in [1.82, 2.24) is 9.78 Å². The van der Waals surface area contributed by atoms with Crippen molar-refractivity contribution in [2.45, 2.75) is 11.9 Å². The van der Waals surface area contributed by atoms with E-state index in [0.717, 1.165) is 10.7 Å². The molecule has 2 aromatic rings. The van der Waals surface area contributed by atoms with E-state index in [1.165, 1.54) is 23.9 Å². The highest BCUT2D eigenvalue weighted by atomic mass is 32.2. The summed E-state index contributed by atoms with van der Waals surface area (Å²) in [5, 5.41) is 5.13. The van der Waals surface area contributed by atoms with Crippen LogP contribution < -0.4 is 0 Å². The Balaban J connectivity index is 2.02. The fourth-order valence-electron chi connectivity index (χ4n) is 1.61. The van der Waals surface area contributed by atoms with Gasteiger partial charge in [0.2, 0.25) is 0 Å². The third-order valence-electron chi connectivity index (χ3n) is 2.46. The lowest BCUT2D eigenvalue weighted by Crippen LogP contribution is -2.03. The van der Waals surface area contributed by atoms with Crippen molar-refractivity contribution in [2.24, 2.45) is 7.05 Å². The van der Waals surface area contributed by atoms with Gasteiger partial charge in [-0.1, -0.05) is 23.9 Å². The van der Waals surface area contributed by atoms with Crippen LogP contribution in [0.2, 0.25) is 0 Å². The topological polar surface area (TPSA) is 34.9 Å². The molecule has 0 bridgehead atoms. The number of Topliss-reactive ketones (excluding diaryl/α,β-unsaturated/α-hetero) is 1. The first-order valence-electron chi connectivity index (χ1n) is 5.48. The number of benzene rings is 1. The van der Waals surface area contributed by atoms with E-state index in [4.69, 9.17) is 0 Å². The third kappa shape index (κ3) is 2.98. The van der Waals surface area contributed by atoms with Gasteiger partial charge in [0.15, 0.2) is 5.78 Å². The van der Waals surface area contributed by atoms with Gasteiger partial charge in [0.25, 0.3) is 0 Å². The zero-order valence-electron chi connectivity index (χ0n) is 10.2. The molecule has 0 aliphatic carbocycles. The van der Waals surface area contributed by atoms with Crippen molar-refractivity contribution < 1.29 is 9.18 Å². The first-order valence-corrected chi connectivity index (χ1v) is 6.47. The SMILES string of the molecule is Cc1cc(SCC(=O)c2cccc(F)c2)n(C)n1. The van der Waals surface area contributed by atoms with Crippen LogP contribution in [0.15, 0.2) is 35.4 Å². The Kier molecular flexibility index (Phi) is 3.81. The lowest BCUT2D eigenvalue weighted by Gasteiger charge is -2.02. The summed E-state index contributed by atoms with van der Waals surface area (Å²) >= 11 is 1.41. The molecule has 94 valence electrons. The van der Waals surface area contributed by atoms with Gasteiger partial charge in [-0.05, 0) is 25.1 Å². The van der Waals surface area contributed by atoms with Crippen LogP contribution in [0.3, 0.4) is 0 Å². The van der Waals surface area contributed by atoms with E-state index in [9.17, 15) is 9.18 Å². The van der Waals surface area contributed by atoms with Gasteiger partial charge in [-0.25, -0.2) is 4.39 Å². The lowest BCUT2D eigenvalue weighted by molar-refractivity contribution is 0.102. The third-order valence-corrected chi connectivity index (χ3v) is 3.54. The van der Waals surface area contributed by atoms with E-state index in [0.29, 0.717) is 5.56 Å². The van der Waals surface area contributed by atoms with E-state index < -0.39 is 0 Å². The maximum absolute atomic E-state index is 13.0. The molecule has 0 saturated heterocycles. The molecule has 0 spiro atoms. The molecule has 0 unspecified atom stereocenters. The predicted octanol–water partition coefficient (Wildman–Crippen LogP) is 2.84. The minimum atomic E-state index is -0.387. The highest BCUT2D eigenvalue weighted by Gasteiger charge is 2.09. The Hall–Kier alpha value is -1.62. The summed E-state index contributed by atoms with van der Waals surface area (Å²) in [4.78, 5) is 11.9. The van der Waals surface area contributed by atoms with Crippen LogP contribution in [0.1, 0.15) is 16.1 Å². The first-order chi connectivity index (χ1) is 8.56. The zero-order valence-corrected chi connectivity index (χ0v) is 11.0. The maximum atomic E-state index is 13.0. The van der Waals surface area contributed by atoms with Gasteiger partial charge in [-0.15, -0.1) is 0 Å². The fourth-order valence-corrected chi connectivity index (χ4v) is 2.53. The van der Waals surface area contributed by atoms with Gasteiger partial charge in [0.05, 0.1) is 16.5 Å². The molecule has 5 heteroatoms. The summed E-state index contributed by atoms with van der Waals surface area (Å²) in [6.45, 7) is 1.90. The monoisotopic (exact) mass is 264 g/mol. The molecule has 2 rings (SSSR count). The fraction of sp³-hybridized carbons (Fsp3) is 0.231. The molecule has 3 nitrogen and oxygen atoms in total. The molecule has 0 fully saturated rings. The van der Waals surface area contributed by atoms with Crippen LogP contribution in [-0.2, 0) is 7.05 Å². The summed E-state index contributed by atoms with van der Waals surface area (Å²) in [6, 6.07) is 7.68. The number of halogens is 1. The molecule has 1 aromatic carbocycles. The number of thioether (sulfide) groups is 1. The van der Waals surface area contributed by atoms with Crippen LogP contribution in [0.25, 0.3) is 0 Å². The van der Waals surface area contributed by atoms with Crippen molar-refractivity contribution in [3.63, 3.8) is 0 Å². The van der Waals surface area contributed by atoms with Crippen molar-refractivity contribution in [2.75, 3.05) is 5.75 Å². The van der Waals surface area contributed by atoms with E-state index >= 15 is 0 Å². The predicted molar refractivity (Wildman–Crippen MR) is 69.4 cm³/mol. The Morgan fingerprint density at radius 1 is 1.44 bits per heavy atom. The minimum absolute atomic E-state index is 0.0849. The van der Waals surface area contributed by atoms with E-state index in [-0.39, 0.29) is 17.4 Å². The highest BCUT2D eigenvalue weighted by Crippen LogP contribution is 2.19. The Bertz CT molecular complexity index is 580. The summed E-state index contributed by atoms with van der Waals surface area (Å²) < 4.78 is 14.7. The summed E-state index contributed by atoms with van der Waals surface area (Å²) in [5.74, 6) is -0.191. The summed E-state index contributed by atoms with van der Waals surface area (Å²) in [5.41, 5.74) is 1.32. The number of hydrogen-bond acceptors (Lipinski definition) is 3. The van der Waals surface area contributed by atoms with Crippen LogP contribution in [-0.4, -0.2) is 21.3 Å². The first kappa shape index (κ1) is 12.8. The van der Waals surface area contributed by atoms with E-state index in [1.54, 1.807) is 16.8 Å². The molecule has 0 saturated carbocycles. The molecule has 1 aromatic heterocycles. The molecule has 0 aliphatic heterocycles. The second-order valence-corrected chi connectivity index (χ2v) is 4.97. The number of aryl methyl sites for hydroxylation is 2. The van der Waals surface area contributed by atoms with Gasteiger partial charge < -0.3 is 0 Å². The smallest absolute Gasteiger partial charge is 0.173 e. The molecule has 0 aliphatic rings.